The second-order valence-electron chi connectivity index (χ2n) is 7.38. The van der Waals surface area contributed by atoms with Crippen LogP contribution in [0.1, 0.15) is 25.0 Å². The van der Waals surface area contributed by atoms with E-state index in [1.54, 1.807) is 19.9 Å². The van der Waals surface area contributed by atoms with Gasteiger partial charge >= 0.3 is 12.2 Å². The summed E-state index contributed by atoms with van der Waals surface area (Å²) in [6.45, 7) is 4.47. The van der Waals surface area contributed by atoms with E-state index in [4.69, 9.17) is 10.00 Å². The molecule has 3 amide bonds. The molecule has 11 heteroatoms. The minimum Gasteiger partial charge on any atom is -0.383 e. The predicted molar refractivity (Wildman–Crippen MR) is 107 cm³/mol. The second-order valence-corrected chi connectivity index (χ2v) is 7.38. The molecule has 1 aromatic carbocycles. The average molecular weight is 441 g/mol. The number of alkyl halides is 3. The van der Waals surface area contributed by atoms with Crippen molar-refractivity contribution in [2.24, 2.45) is 0 Å². The van der Waals surface area contributed by atoms with Crippen molar-refractivity contribution in [3.05, 3.63) is 29.3 Å². The van der Waals surface area contributed by atoms with Crippen molar-refractivity contribution in [3.63, 3.8) is 0 Å². The van der Waals surface area contributed by atoms with Crippen LogP contribution in [0.2, 0.25) is 0 Å². The molecular formula is C20H26F3N5O3. The number of hydrogen-bond acceptors (Lipinski definition) is 5. The first-order chi connectivity index (χ1) is 14.6. The molecular weight excluding hydrogens is 415 g/mol. The Balaban J connectivity index is 2.34. The van der Waals surface area contributed by atoms with Gasteiger partial charge in [0.05, 0.1) is 30.3 Å². The Bertz CT molecular complexity index is 838. The number of anilines is 1. The number of nitrogens with zero attached hydrogens (tertiary/aromatic N) is 3. The van der Waals surface area contributed by atoms with Gasteiger partial charge in [-0.1, -0.05) is 0 Å². The van der Waals surface area contributed by atoms with Gasteiger partial charge in [-0.2, -0.15) is 18.4 Å². The van der Waals surface area contributed by atoms with Crippen LogP contribution in [-0.4, -0.2) is 68.8 Å². The molecule has 0 aromatic heterocycles. The second kappa shape index (κ2) is 10.3. The van der Waals surface area contributed by atoms with Crippen LogP contribution in [0.4, 0.5) is 23.7 Å². The number of rotatable bonds is 6. The van der Waals surface area contributed by atoms with E-state index in [1.807, 2.05) is 0 Å². The van der Waals surface area contributed by atoms with Crippen molar-refractivity contribution in [2.75, 3.05) is 44.8 Å². The number of nitriles is 1. The van der Waals surface area contributed by atoms with Gasteiger partial charge in [0.25, 0.3) is 0 Å². The monoisotopic (exact) mass is 441 g/mol. The Morgan fingerprint density at radius 1 is 1.32 bits per heavy atom. The van der Waals surface area contributed by atoms with Crippen LogP contribution in [-0.2, 0) is 15.7 Å². The molecule has 1 heterocycles. The molecule has 2 rings (SSSR count). The summed E-state index contributed by atoms with van der Waals surface area (Å²) in [6.07, 6.45) is -4.71. The number of hydrogen-bond donors (Lipinski definition) is 2. The fourth-order valence-electron chi connectivity index (χ4n) is 3.28. The normalized spacial score (nSPS) is 16.8. The smallest absolute Gasteiger partial charge is 0.383 e. The molecule has 0 saturated carbocycles. The number of carbonyl (C=O) groups excluding carboxylic acids is 2. The Kier molecular flexibility index (Phi) is 8.10. The minimum absolute atomic E-state index is 0.00127. The molecule has 8 nitrogen and oxygen atoms in total. The van der Waals surface area contributed by atoms with Crippen molar-refractivity contribution in [3.8, 4) is 6.07 Å². The van der Waals surface area contributed by atoms with Gasteiger partial charge in [0.1, 0.15) is 6.04 Å². The van der Waals surface area contributed by atoms with Crippen molar-refractivity contribution in [1.29, 1.82) is 5.26 Å². The highest BCUT2D eigenvalue weighted by atomic mass is 19.4. The highest BCUT2D eigenvalue weighted by molar-refractivity contribution is 5.87. The van der Waals surface area contributed by atoms with Crippen LogP contribution in [0, 0.1) is 11.3 Å². The molecule has 1 aliphatic heterocycles. The summed E-state index contributed by atoms with van der Waals surface area (Å²) in [4.78, 5) is 28.2. The third-order valence-corrected chi connectivity index (χ3v) is 4.75. The average Bonchev–Trinajstić information content (AvgIpc) is 2.71. The Morgan fingerprint density at radius 2 is 2.03 bits per heavy atom. The molecule has 1 aliphatic rings. The lowest BCUT2D eigenvalue weighted by atomic mass is 10.0. The lowest BCUT2D eigenvalue weighted by Gasteiger charge is -2.42. The molecule has 0 radical (unpaired) electrons. The summed E-state index contributed by atoms with van der Waals surface area (Å²) < 4.78 is 45.1. The standard InChI is InChI=1S/C20H26F3N5O3/c1-13(2)26-19(30)27-7-8-28(17(12-27)18(29)25-6-9-31-3)15-5-4-14(11-24)16(10-15)20(21,22)23/h4-5,10,13,17H,6-9,12H2,1-3H3,(H,25,29)(H,26,30). The SMILES string of the molecule is COCCNC(=O)C1CN(C(=O)NC(C)C)CCN1c1ccc(C#N)c(C(F)(F)F)c1. The van der Waals surface area contributed by atoms with Gasteiger partial charge in [0.2, 0.25) is 5.91 Å². The lowest BCUT2D eigenvalue weighted by molar-refractivity contribution is -0.137. The van der Waals surface area contributed by atoms with Crippen LogP contribution in [0.5, 0.6) is 0 Å². The topological polar surface area (TPSA) is 97.7 Å². The molecule has 170 valence electrons. The number of benzene rings is 1. The third kappa shape index (κ3) is 6.24. The summed E-state index contributed by atoms with van der Waals surface area (Å²) in [5.41, 5.74) is -1.40. The van der Waals surface area contributed by atoms with Crippen LogP contribution in [0.25, 0.3) is 0 Å². The minimum atomic E-state index is -4.71. The Morgan fingerprint density at radius 3 is 2.61 bits per heavy atom. The largest absolute Gasteiger partial charge is 0.417 e. The van der Waals surface area contributed by atoms with E-state index < -0.39 is 29.3 Å². The van der Waals surface area contributed by atoms with E-state index in [-0.39, 0.29) is 50.5 Å². The predicted octanol–water partition coefficient (Wildman–Crippen LogP) is 1.95. The van der Waals surface area contributed by atoms with E-state index in [2.05, 4.69) is 10.6 Å². The number of piperazine rings is 1. The molecule has 0 spiro atoms. The number of amides is 3. The maximum Gasteiger partial charge on any atom is 0.417 e. The number of carbonyl (C=O) groups is 2. The quantitative estimate of drug-likeness (QED) is 0.658. The maximum absolute atomic E-state index is 13.4. The molecule has 1 aromatic rings. The summed E-state index contributed by atoms with van der Waals surface area (Å²) >= 11 is 0. The summed E-state index contributed by atoms with van der Waals surface area (Å²) in [5.74, 6) is -0.433. The van der Waals surface area contributed by atoms with E-state index in [0.29, 0.717) is 0 Å². The van der Waals surface area contributed by atoms with Crippen LogP contribution in [0.15, 0.2) is 18.2 Å². The van der Waals surface area contributed by atoms with E-state index in [9.17, 15) is 22.8 Å². The zero-order valence-corrected chi connectivity index (χ0v) is 17.6. The molecule has 31 heavy (non-hydrogen) atoms. The molecule has 0 aliphatic carbocycles. The zero-order valence-electron chi connectivity index (χ0n) is 17.6. The van der Waals surface area contributed by atoms with Gasteiger partial charge in [0.15, 0.2) is 0 Å². The lowest BCUT2D eigenvalue weighted by Crippen LogP contribution is -2.62. The number of urea groups is 1. The van der Waals surface area contributed by atoms with E-state index >= 15 is 0 Å². The molecule has 0 bridgehead atoms. The Hall–Kier alpha value is -3.00. The Labute approximate surface area is 178 Å². The maximum atomic E-state index is 13.4. The highest BCUT2D eigenvalue weighted by Gasteiger charge is 2.38. The van der Waals surface area contributed by atoms with Crippen LogP contribution >= 0.6 is 0 Å². The van der Waals surface area contributed by atoms with Gasteiger partial charge in [-0.25, -0.2) is 4.79 Å². The van der Waals surface area contributed by atoms with Crippen LogP contribution < -0.4 is 15.5 Å². The third-order valence-electron chi connectivity index (χ3n) is 4.75. The van der Waals surface area contributed by atoms with E-state index in [0.717, 1.165) is 12.1 Å². The summed E-state index contributed by atoms with van der Waals surface area (Å²) in [5, 5.41) is 14.5. The van der Waals surface area contributed by atoms with Gasteiger partial charge in [0, 0.05) is 38.5 Å². The van der Waals surface area contributed by atoms with Crippen molar-refractivity contribution in [1.82, 2.24) is 15.5 Å². The molecule has 1 fully saturated rings. The first-order valence-corrected chi connectivity index (χ1v) is 9.78. The fourth-order valence-corrected chi connectivity index (χ4v) is 3.28. The van der Waals surface area contributed by atoms with Crippen molar-refractivity contribution >= 4 is 17.6 Å². The number of halogens is 3. The van der Waals surface area contributed by atoms with Crippen molar-refractivity contribution in [2.45, 2.75) is 32.1 Å². The molecule has 1 saturated heterocycles. The highest BCUT2D eigenvalue weighted by Crippen LogP contribution is 2.35. The molecule has 1 unspecified atom stereocenters. The van der Waals surface area contributed by atoms with Crippen LogP contribution in [0.3, 0.4) is 0 Å². The summed E-state index contributed by atoms with van der Waals surface area (Å²) in [6, 6.07) is 3.54. The first-order valence-electron chi connectivity index (χ1n) is 9.78. The fraction of sp³-hybridized carbons (Fsp3) is 0.550. The van der Waals surface area contributed by atoms with Gasteiger partial charge in [-0.3, -0.25) is 4.79 Å². The van der Waals surface area contributed by atoms with E-state index in [1.165, 1.54) is 23.0 Å². The number of methoxy groups -OCH3 is 1. The summed E-state index contributed by atoms with van der Waals surface area (Å²) in [7, 11) is 1.48. The first kappa shape index (κ1) is 24.3. The molecule has 2 N–H and O–H groups in total. The van der Waals surface area contributed by atoms with Gasteiger partial charge in [-0.05, 0) is 32.0 Å². The van der Waals surface area contributed by atoms with Crippen molar-refractivity contribution < 1.29 is 27.5 Å². The van der Waals surface area contributed by atoms with Gasteiger partial charge in [-0.15, -0.1) is 0 Å². The number of nitrogens with one attached hydrogen (secondary N) is 2. The van der Waals surface area contributed by atoms with Gasteiger partial charge < -0.3 is 25.2 Å². The molecule has 1 atom stereocenters. The zero-order chi connectivity index (χ0) is 23.2. The number of ether oxygens (including phenoxy) is 1.